The minimum Gasteiger partial charge on any atom is -0.374 e. The first-order chi connectivity index (χ1) is 8.09. The zero-order chi connectivity index (χ0) is 12.4. The van der Waals surface area contributed by atoms with Crippen molar-refractivity contribution in [3.05, 3.63) is 40.1 Å². The van der Waals surface area contributed by atoms with Gasteiger partial charge in [0.2, 0.25) is 11.6 Å². The Morgan fingerprint density at radius 1 is 1.12 bits per heavy atom. The highest BCUT2D eigenvalue weighted by atomic mass is 32.1. The number of aromatic nitrogens is 2. The van der Waals surface area contributed by atoms with Crippen LogP contribution in [0.3, 0.4) is 0 Å². The van der Waals surface area contributed by atoms with Crippen molar-refractivity contribution < 1.29 is 17.6 Å². The molecule has 0 atom stereocenters. The quantitative estimate of drug-likeness (QED) is 0.683. The predicted octanol–water partition coefficient (Wildman–Crippen LogP) is 2.71. The Morgan fingerprint density at radius 2 is 1.76 bits per heavy atom. The molecule has 8 heteroatoms. The highest BCUT2D eigenvalue weighted by molar-refractivity contribution is 7.07. The molecule has 0 fully saturated rings. The standard InChI is InChI=1S/C9H5F4N3S/c10-5-7(6(11)9(13)16-8(5)12)14-1-4-2-17-3-15-4/h2-3H,1H2,(H,14,16). The van der Waals surface area contributed by atoms with Gasteiger partial charge in [0.15, 0.2) is 0 Å². The van der Waals surface area contributed by atoms with Crippen molar-refractivity contribution in [2.24, 2.45) is 0 Å². The van der Waals surface area contributed by atoms with Crippen LogP contribution < -0.4 is 5.32 Å². The number of nitrogens with one attached hydrogen (secondary N) is 1. The second kappa shape index (κ2) is 4.66. The molecule has 0 aliphatic heterocycles. The SMILES string of the molecule is Fc1nc(F)c(F)c(NCc2cscn2)c1F. The lowest BCUT2D eigenvalue weighted by atomic mass is 10.3. The molecule has 2 heterocycles. The van der Waals surface area contributed by atoms with Crippen molar-refractivity contribution in [1.29, 1.82) is 0 Å². The van der Waals surface area contributed by atoms with E-state index in [4.69, 9.17) is 0 Å². The summed E-state index contributed by atoms with van der Waals surface area (Å²) in [7, 11) is 0. The van der Waals surface area contributed by atoms with Gasteiger partial charge in [-0.1, -0.05) is 0 Å². The van der Waals surface area contributed by atoms with E-state index in [-0.39, 0.29) is 6.54 Å². The molecule has 2 rings (SSSR count). The average molecular weight is 263 g/mol. The van der Waals surface area contributed by atoms with Crippen LogP contribution in [0.2, 0.25) is 0 Å². The molecule has 0 unspecified atom stereocenters. The number of rotatable bonds is 3. The van der Waals surface area contributed by atoms with Gasteiger partial charge in [-0.05, 0) is 0 Å². The molecule has 0 aromatic carbocycles. The molecule has 17 heavy (non-hydrogen) atoms. The molecule has 1 N–H and O–H groups in total. The smallest absolute Gasteiger partial charge is 0.253 e. The Labute approximate surface area is 97.1 Å². The minimum atomic E-state index is -1.69. The molecule has 0 radical (unpaired) electrons. The summed E-state index contributed by atoms with van der Waals surface area (Å²) in [5.41, 5.74) is 1.15. The first-order valence-electron chi connectivity index (χ1n) is 4.40. The Hall–Kier alpha value is -1.70. The summed E-state index contributed by atoms with van der Waals surface area (Å²) in [6, 6.07) is 0. The van der Waals surface area contributed by atoms with Gasteiger partial charge in [0, 0.05) is 5.38 Å². The van der Waals surface area contributed by atoms with Crippen LogP contribution in [0, 0.1) is 23.5 Å². The lowest BCUT2D eigenvalue weighted by Gasteiger charge is -2.07. The fourth-order valence-electron chi connectivity index (χ4n) is 1.15. The van der Waals surface area contributed by atoms with E-state index in [1.54, 1.807) is 5.38 Å². The van der Waals surface area contributed by atoms with Crippen LogP contribution in [0.5, 0.6) is 0 Å². The van der Waals surface area contributed by atoms with E-state index < -0.39 is 29.2 Å². The molecule has 0 saturated heterocycles. The maximum atomic E-state index is 13.1. The molecular weight excluding hydrogens is 258 g/mol. The fourth-order valence-corrected chi connectivity index (χ4v) is 1.70. The number of nitrogens with zero attached hydrogens (tertiary/aromatic N) is 2. The van der Waals surface area contributed by atoms with Crippen molar-refractivity contribution >= 4 is 17.0 Å². The first kappa shape index (κ1) is 11.8. The van der Waals surface area contributed by atoms with Crippen molar-refractivity contribution in [3.63, 3.8) is 0 Å². The van der Waals surface area contributed by atoms with E-state index in [1.807, 2.05) is 0 Å². The monoisotopic (exact) mass is 263 g/mol. The molecular formula is C9H5F4N3S. The number of hydrogen-bond donors (Lipinski definition) is 1. The number of pyridine rings is 1. The van der Waals surface area contributed by atoms with E-state index in [9.17, 15) is 17.6 Å². The van der Waals surface area contributed by atoms with Crippen LogP contribution in [-0.2, 0) is 6.54 Å². The van der Waals surface area contributed by atoms with Gasteiger partial charge < -0.3 is 5.32 Å². The van der Waals surface area contributed by atoms with E-state index >= 15 is 0 Å². The van der Waals surface area contributed by atoms with Gasteiger partial charge in [0.1, 0.15) is 5.69 Å². The van der Waals surface area contributed by atoms with Crippen LogP contribution in [0.1, 0.15) is 5.69 Å². The summed E-state index contributed by atoms with van der Waals surface area (Å²) in [5.74, 6) is -6.49. The van der Waals surface area contributed by atoms with Crippen molar-refractivity contribution in [2.75, 3.05) is 5.32 Å². The Morgan fingerprint density at radius 3 is 2.29 bits per heavy atom. The van der Waals surface area contributed by atoms with E-state index in [0.717, 1.165) is 0 Å². The zero-order valence-electron chi connectivity index (χ0n) is 8.18. The summed E-state index contributed by atoms with van der Waals surface area (Å²) < 4.78 is 51.8. The Balaban J connectivity index is 2.26. The lowest BCUT2D eigenvalue weighted by Crippen LogP contribution is -2.09. The van der Waals surface area contributed by atoms with Gasteiger partial charge in [-0.25, -0.2) is 4.98 Å². The summed E-state index contributed by atoms with van der Waals surface area (Å²) in [5, 5.41) is 3.88. The molecule has 0 aliphatic carbocycles. The fraction of sp³-hybridized carbons (Fsp3) is 0.111. The zero-order valence-corrected chi connectivity index (χ0v) is 8.99. The minimum absolute atomic E-state index is 0.0414. The molecule has 0 saturated carbocycles. The third-order valence-electron chi connectivity index (χ3n) is 1.93. The van der Waals surface area contributed by atoms with Crippen LogP contribution in [0.25, 0.3) is 0 Å². The predicted molar refractivity (Wildman–Crippen MR) is 53.5 cm³/mol. The topological polar surface area (TPSA) is 37.8 Å². The summed E-state index contributed by atoms with van der Waals surface area (Å²) in [6.07, 6.45) is 0. The summed E-state index contributed by atoms with van der Waals surface area (Å²) >= 11 is 1.29. The van der Waals surface area contributed by atoms with E-state index in [2.05, 4.69) is 15.3 Å². The van der Waals surface area contributed by atoms with Gasteiger partial charge in [0.25, 0.3) is 11.9 Å². The van der Waals surface area contributed by atoms with E-state index in [0.29, 0.717) is 5.69 Å². The van der Waals surface area contributed by atoms with Gasteiger partial charge in [-0.15, -0.1) is 11.3 Å². The first-order valence-corrected chi connectivity index (χ1v) is 5.34. The molecule has 0 aliphatic rings. The van der Waals surface area contributed by atoms with Crippen molar-refractivity contribution in [3.8, 4) is 0 Å². The second-order valence-corrected chi connectivity index (χ2v) is 3.75. The van der Waals surface area contributed by atoms with Crippen LogP contribution >= 0.6 is 11.3 Å². The number of halogens is 4. The molecule has 3 nitrogen and oxygen atoms in total. The maximum absolute atomic E-state index is 13.1. The molecule has 0 bridgehead atoms. The second-order valence-electron chi connectivity index (χ2n) is 3.03. The summed E-state index contributed by atoms with van der Waals surface area (Å²) in [6.45, 7) is -0.0414. The third kappa shape index (κ3) is 2.36. The number of hydrogen-bond acceptors (Lipinski definition) is 4. The normalized spacial score (nSPS) is 10.6. The molecule has 0 amide bonds. The summed E-state index contributed by atoms with van der Waals surface area (Å²) in [4.78, 5) is 6.28. The van der Waals surface area contributed by atoms with Crippen molar-refractivity contribution in [1.82, 2.24) is 9.97 Å². The van der Waals surface area contributed by atoms with Crippen LogP contribution in [0.15, 0.2) is 10.9 Å². The number of anilines is 1. The van der Waals surface area contributed by atoms with Gasteiger partial charge >= 0.3 is 0 Å². The van der Waals surface area contributed by atoms with E-state index in [1.165, 1.54) is 16.8 Å². The lowest BCUT2D eigenvalue weighted by molar-refractivity contribution is 0.410. The van der Waals surface area contributed by atoms with Gasteiger partial charge in [-0.3, -0.25) is 0 Å². The maximum Gasteiger partial charge on any atom is 0.253 e. The molecule has 0 spiro atoms. The van der Waals surface area contributed by atoms with Gasteiger partial charge in [0.05, 0.1) is 17.7 Å². The highest BCUT2D eigenvalue weighted by Gasteiger charge is 2.20. The molecule has 90 valence electrons. The Bertz CT molecular complexity index is 503. The average Bonchev–Trinajstić information content (AvgIpc) is 2.79. The third-order valence-corrected chi connectivity index (χ3v) is 2.56. The van der Waals surface area contributed by atoms with Crippen LogP contribution in [0.4, 0.5) is 23.2 Å². The Kier molecular flexibility index (Phi) is 3.23. The molecule has 2 aromatic rings. The van der Waals surface area contributed by atoms with Crippen molar-refractivity contribution in [2.45, 2.75) is 6.54 Å². The van der Waals surface area contributed by atoms with Gasteiger partial charge in [-0.2, -0.15) is 22.5 Å². The molecule has 2 aromatic heterocycles. The van der Waals surface area contributed by atoms with Crippen LogP contribution in [-0.4, -0.2) is 9.97 Å². The highest BCUT2D eigenvalue weighted by Crippen LogP contribution is 2.22. The number of thiazole rings is 1. The largest absolute Gasteiger partial charge is 0.374 e.